The number of hydrogen-bond acceptors (Lipinski definition) is 7. The van der Waals surface area contributed by atoms with Crippen LogP contribution in [0.15, 0.2) is 76.8 Å². The number of Topliss-reactive ketones (excluding diaryl/α,β-unsaturated/α-hetero) is 1. The Morgan fingerprint density at radius 3 is 2.53 bits per heavy atom. The van der Waals surface area contributed by atoms with Gasteiger partial charge < -0.3 is 14.6 Å². The Morgan fingerprint density at radius 2 is 1.83 bits per heavy atom. The van der Waals surface area contributed by atoms with Gasteiger partial charge in [0.25, 0.3) is 5.78 Å². The SMILES string of the molecule is CCOc1ccc(/C(O)=C2\C(=O)C(=O)N(c3nc4ccc(OC)cc4s3)[C@@H]2c2cccc(Br)c2)cc1. The van der Waals surface area contributed by atoms with Crippen molar-refractivity contribution in [2.24, 2.45) is 0 Å². The number of rotatable bonds is 6. The Bertz CT molecular complexity index is 1510. The van der Waals surface area contributed by atoms with Crippen LogP contribution in [0.5, 0.6) is 11.5 Å². The Labute approximate surface area is 219 Å². The third kappa shape index (κ3) is 4.25. The summed E-state index contributed by atoms with van der Waals surface area (Å²) >= 11 is 4.76. The smallest absolute Gasteiger partial charge is 0.301 e. The summed E-state index contributed by atoms with van der Waals surface area (Å²) in [5.41, 5.74) is 1.75. The minimum Gasteiger partial charge on any atom is -0.507 e. The number of carbonyl (C=O) groups is 2. The van der Waals surface area contributed by atoms with E-state index in [9.17, 15) is 14.7 Å². The van der Waals surface area contributed by atoms with Gasteiger partial charge in [-0.25, -0.2) is 4.98 Å². The molecule has 0 saturated carbocycles. The fourth-order valence-electron chi connectivity index (χ4n) is 4.18. The first-order chi connectivity index (χ1) is 17.4. The van der Waals surface area contributed by atoms with E-state index in [1.165, 1.54) is 16.2 Å². The fourth-order valence-corrected chi connectivity index (χ4v) is 5.61. The second kappa shape index (κ2) is 9.75. The molecule has 5 rings (SSSR count). The molecule has 1 fully saturated rings. The number of nitrogens with zero attached hydrogens (tertiary/aromatic N) is 2. The van der Waals surface area contributed by atoms with Crippen molar-refractivity contribution in [1.29, 1.82) is 0 Å². The first kappa shape index (κ1) is 24.0. The Kier molecular flexibility index (Phi) is 6.51. The molecule has 1 saturated heterocycles. The number of thiazole rings is 1. The van der Waals surface area contributed by atoms with Gasteiger partial charge in [0, 0.05) is 10.0 Å². The maximum absolute atomic E-state index is 13.4. The molecule has 0 bridgehead atoms. The summed E-state index contributed by atoms with van der Waals surface area (Å²) in [6.07, 6.45) is 0. The molecule has 1 amide bonds. The summed E-state index contributed by atoms with van der Waals surface area (Å²) < 4.78 is 12.4. The second-order valence-corrected chi connectivity index (χ2v) is 9.94. The Hall–Kier alpha value is -3.69. The predicted molar refractivity (Wildman–Crippen MR) is 143 cm³/mol. The number of methoxy groups -OCH3 is 1. The highest BCUT2D eigenvalue weighted by Gasteiger charge is 2.48. The number of amides is 1. The van der Waals surface area contributed by atoms with Gasteiger partial charge in [0.2, 0.25) is 0 Å². The van der Waals surface area contributed by atoms with Gasteiger partial charge in [0.1, 0.15) is 17.3 Å². The molecule has 1 atom stereocenters. The Balaban J connectivity index is 1.68. The van der Waals surface area contributed by atoms with Crippen LogP contribution in [0.25, 0.3) is 16.0 Å². The zero-order valence-electron chi connectivity index (χ0n) is 19.4. The molecule has 7 nitrogen and oxygen atoms in total. The van der Waals surface area contributed by atoms with Crippen molar-refractivity contribution in [3.8, 4) is 11.5 Å². The van der Waals surface area contributed by atoms with E-state index in [1.807, 2.05) is 37.3 Å². The van der Waals surface area contributed by atoms with Crippen LogP contribution >= 0.6 is 27.3 Å². The lowest BCUT2D eigenvalue weighted by molar-refractivity contribution is -0.132. The summed E-state index contributed by atoms with van der Waals surface area (Å²) in [7, 11) is 1.58. The summed E-state index contributed by atoms with van der Waals surface area (Å²) in [5.74, 6) is -0.477. The molecule has 0 aliphatic carbocycles. The van der Waals surface area contributed by atoms with Gasteiger partial charge in [-0.1, -0.05) is 39.4 Å². The number of halogens is 1. The maximum atomic E-state index is 13.4. The molecule has 9 heteroatoms. The van der Waals surface area contributed by atoms with E-state index in [0.717, 1.165) is 9.17 Å². The minimum absolute atomic E-state index is 0.000837. The highest BCUT2D eigenvalue weighted by atomic mass is 79.9. The van der Waals surface area contributed by atoms with Crippen LogP contribution in [0.4, 0.5) is 5.13 Å². The molecule has 182 valence electrons. The number of carbonyl (C=O) groups excluding carboxylic acids is 2. The second-order valence-electron chi connectivity index (χ2n) is 8.01. The highest BCUT2D eigenvalue weighted by Crippen LogP contribution is 2.45. The average Bonchev–Trinajstić information content (AvgIpc) is 3.42. The van der Waals surface area contributed by atoms with E-state index in [2.05, 4.69) is 20.9 Å². The molecule has 0 radical (unpaired) electrons. The number of aliphatic hydroxyl groups excluding tert-OH is 1. The number of aliphatic hydroxyl groups is 1. The quantitative estimate of drug-likeness (QED) is 0.173. The third-order valence-corrected chi connectivity index (χ3v) is 7.35. The van der Waals surface area contributed by atoms with Crippen LogP contribution < -0.4 is 14.4 Å². The Morgan fingerprint density at radius 1 is 1.08 bits per heavy atom. The largest absolute Gasteiger partial charge is 0.507 e. The lowest BCUT2D eigenvalue weighted by atomic mass is 9.95. The molecular weight excluding hydrogens is 544 g/mol. The molecule has 36 heavy (non-hydrogen) atoms. The van der Waals surface area contributed by atoms with Gasteiger partial charge in [-0.3, -0.25) is 14.5 Å². The van der Waals surface area contributed by atoms with Crippen molar-refractivity contribution in [3.05, 3.63) is 87.9 Å². The number of benzene rings is 3. The van der Waals surface area contributed by atoms with Crippen molar-refractivity contribution in [1.82, 2.24) is 4.98 Å². The van der Waals surface area contributed by atoms with Gasteiger partial charge in [0.15, 0.2) is 5.13 Å². The van der Waals surface area contributed by atoms with Crippen LogP contribution in [0, 0.1) is 0 Å². The van der Waals surface area contributed by atoms with E-state index in [4.69, 9.17) is 9.47 Å². The van der Waals surface area contributed by atoms with Crippen molar-refractivity contribution in [2.45, 2.75) is 13.0 Å². The van der Waals surface area contributed by atoms with E-state index in [0.29, 0.717) is 39.9 Å². The lowest BCUT2D eigenvalue weighted by Crippen LogP contribution is -2.29. The zero-order chi connectivity index (χ0) is 25.4. The molecule has 4 aromatic rings. The van der Waals surface area contributed by atoms with Gasteiger partial charge in [0.05, 0.1) is 35.5 Å². The fraction of sp³-hybridized carbons (Fsp3) is 0.148. The normalized spacial score (nSPS) is 17.1. The van der Waals surface area contributed by atoms with Crippen LogP contribution in [0.1, 0.15) is 24.1 Å². The van der Waals surface area contributed by atoms with Gasteiger partial charge in [-0.05, 0) is 67.1 Å². The number of aromatic nitrogens is 1. The third-order valence-electron chi connectivity index (χ3n) is 5.84. The van der Waals surface area contributed by atoms with E-state index in [1.54, 1.807) is 43.5 Å². The lowest BCUT2D eigenvalue weighted by Gasteiger charge is -2.23. The first-order valence-electron chi connectivity index (χ1n) is 11.2. The van der Waals surface area contributed by atoms with Crippen molar-refractivity contribution < 1.29 is 24.2 Å². The number of ether oxygens (including phenoxy) is 2. The number of hydrogen-bond donors (Lipinski definition) is 1. The molecule has 0 unspecified atom stereocenters. The molecule has 1 aromatic heterocycles. The van der Waals surface area contributed by atoms with E-state index >= 15 is 0 Å². The topological polar surface area (TPSA) is 89.0 Å². The molecule has 1 N–H and O–H groups in total. The van der Waals surface area contributed by atoms with Crippen molar-refractivity contribution >= 4 is 60.1 Å². The summed E-state index contributed by atoms with van der Waals surface area (Å²) in [4.78, 5) is 32.8. The molecule has 1 aliphatic rings. The van der Waals surface area contributed by atoms with Gasteiger partial charge in [-0.15, -0.1) is 0 Å². The van der Waals surface area contributed by atoms with Crippen LogP contribution in [-0.2, 0) is 9.59 Å². The van der Waals surface area contributed by atoms with Crippen LogP contribution in [0.3, 0.4) is 0 Å². The zero-order valence-corrected chi connectivity index (χ0v) is 21.8. The summed E-state index contributed by atoms with van der Waals surface area (Å²) in [6.45, 7) is 2.39. The minimum atomic E-state index is -0.864. The van der Waals surface area contributed by atoms with Crippen molar-refractivity contribution in [2.75, 3.05) is 18.6 Å². The molecule has 1 aliphatic heterocycles. The maximum Gasteiger partial charge on any atom is 0.301 e. The standard InChI is InChI=1S/C27H21BrN2O5S/c1-3-35-18-9-7-15(8-10-18)24(31)22-23(16-5-4-6-17(28)13-16)30(26(33)25(22)32)27-29-20-12-11-19(34-2)14-21(20)36-27/h4-14,23,31H,3H2,1-2H3/b24-22+/t23-/m1/s1. The number of fused-ring (bicyclic) bond motifs is 1. The molecular formula is C27H21BrN2O5S. The monoisotopic (exact) mass is 564 g/mol. The predicted octanol–water partition coefficient (Wildman–Crippen LogP) is 6.09. The molecule has 0 spiro atoms. The van der Waals surface area contributed by atoms with Crippen molar-refractivity contribution in [3.63, 3.8) is 0 Å². The molecule has 3 aromatic carbocycles. The number of anilines is 1. The molecule has 2 heterocycles. The highest BCUT2D eigenvalue weighted by molar-refractivity contribution is 9.10. The number of ketones is 1. The van der Waals surface area contributed by atoms with Gasteiger partial charge >= 0.3 is 5.91 Å². The van der Waals surface area contributed by atoms with E-state index < -0.39 is 17.7 Å². The summed E-state index contributed by atoms with van der Waals surface area (Å²) in [6, 6.07) is 18.6. The van der Waals surface area contributed by atoms with Crippen LogP contribution in [0.2, 0.25) is 0 Å². The average molecular weight is 565 g/mol. The summed E-state index contributed by atoms with van der Waals surface area (Å²) in [5, 5.41) is 11.7. The first-order valence-corrected chi connectivity index (χ1v) is 12.8. The van der Waals surface area contributed by atoms with Crippen LogP contribution in [-0.4, -0.2) is 35.5 Å². The van der Waals surface area contributed by atoms with Gasteiger partial charge in [-0.2, -0.15) is 0 Å². The van der Waals surface area contributed by atoms with E-state index in [-0.39, 0.29) is 11.3 Å².